The zero-order valence-electron chi connectivity index (χ0n) is 22.9. The molecular formula is C25H28O9Os3P2Si2. The third-order valence-corrected chi connectivity index (χ3v) is 18.4. The van der Waals surface area contributed by atoms with Crippen LogP contribution in [0, 0.1) is 71.7 Å². The van der Waals surface area contributed by atoms with E-state index in [-0.39, 0.29) is 67.3 Å². The average molecular weight is 1160 g/mol. The molecule has 0 aliphatic carbocycles. The fourth-order valence-corrected chi connectivity index (χ4v) is 16.6. The van der Waals surface area contributed by atoms with E-state index < -0.39 is 16.1 Å². The van der Waals surface area contributed by atoms with E-state index in [1.54, 1.807) is 0 Å². The number of hydrogen-bond donors (Lipinski definition) is 0. The maximum atomic E-state index is 7.50. The van der Waals surface area contributed by atoms with E-state index in [9.17, 15) is 0 Å². The molecule has 0 N–H and O–H groups in total. The van der Waals surface area contributed by atoms with Crippen molar-refractivity contribution in [3.05, 3.63) is 93.8 Å². The van der Waals surface area contributed by atoms with Crippen LogP contribution in [0.15, 0.2) is 33.9 Å². The molecule has 5 unspecified atom stereocenters. The van der Waals surface area contributed by atoms with E-state index in [1.807, 2.05) is 9.87 Å². The SMILES string of the molecule is C[Si](C)(C)C1=CCC2C3C=CP(C([Si](C)(C)C)=C3)C2P1.[C-]#[O+].[C-]#[O+].[C-]#[O+].[C-]#[O+].[C-]#[O+].[C-]#[O+].[C-]#[O+].[C-]#[O+].[C-]#[O+].[Os].[Os].[Os]. The van der Waals surface area contributed by atoms with Gasteiger partial charge in [0.15, 0.2) is 0 Å². The molecule has 0 saturated carbocycles. The van der Waals surface area contributed by atoms with Gasteiger partial charge in [-0.1, -0.05) is 89.7 Å². The summed E-state index contributed by atoms with van der Waals surface area (Å²) < 4.78 is 67.5. The van der Waals surface area contributed by atoms with Crippen LogP contribution in [0.1, 0.15) is 6.42 Å². The molecule has 5 atom stereocenters. The first-order valence-electron chi connectivity index (χ1n) is 9.68. The summed E-state index contributed by atoms with van der Waals surface area (Å²) in [5.41, 5.74) is 0. The third kappa shape index (κ3) is 27.4. The van der Waals surface area contributed by atoms with Crippen molar-refractivity contribution >= 4 is 32.7 Å². The van der Waals surface area contributed by atoms with Gasteiger partial charge in [-0.2, -0.15) is 0 Å². The molecule has 0 saturated heterocycles. The van der Waals surface area contributed by atoms with E-state index in [0.29, 0.717) is 0 Å². The minimum atomic E-state index is -1.12. The second kappa shape index (κ2) is 47.0. The van der Waals surface area contributed by atoms with Crippen molar-refractivity contribution in [3.63, 3.8) is 0 Å². The smallest absolute Gasteiger partial charge is 0 e. The van der Waals surface area contributed by atoms with E-state index in [0.717, 1.165) is 25.8 Å². The predicted molar refractivity (Wildman–Crippen MR) is 138 cm³/mol. The first kappa shape index (κ1) is 68.3. The molecule has 9 nitrogen and oxygen atoms in total. The maximum Gasteiger partial charge on any atom is 0 e. The van der Waals surface area contributed by atoms with Crippen LogP contribution in [0.3, 0.4) is 0 Å². The molecule has 4 heterocycles. The molecule has 0 spiro atoms. The zero-order valence-corrected chi connectivity index (χ0v) is 34.4. The molecule has 0 aromatic heterocycles. The van der Waals surface area contributed by atoms with Crippen LogP contribution in [-0.4, -0.2) is 21.5 Å². The number of allylic oxidation sites excluding steroid dienone is 3. The molecule has 0 radical (unpaired) electrons. The van der Waals surface area contributed by atoms with Gasteiger partial charge in [0.1, 0.15) is 0 Å². The van der Waals surface area contributed by atoms with Gasteiger partial charge in [-0.05, 0) is 18.3 Å². The van der Waals surface area contributed by atoms with Gasteiger partial charge >= 0.3 is 102 Å². The van der Waals surface area contributed by atoms with Crippen LogP contribution in [0.5, 0.6) is 0 Å². The van der Waals surface area contributed by atoms with Crippen LogP contribution in [-0.2, 0) is 101 Å². The summed E-state index contributed by atoms with van der Waals surface area (Å²) in [5, 5.41) is 1.01. The van der Waals surface area contributed by atoms with Gasteiger partial charge in [0.05, 0.1) is 16.1 Å². The van der Waals surface area contributed by atoms with Gasteiger partial charge in [-0.3, -0.25) is 0 Å². The Kier molecular flexibility index (Phi) is 78.4. The number of rotatable bonds is 2. The Hall–Kier alpha value is 0.0829. The van der Waals surface area contributed by atoms with E-state index >= 15 is 0 Å². The summed E-state index contributed by atoms with van der Waals surface area (Å²) >= 11 is 0. The Labute approximate surface area is 288 Å². The molecule has 4 aliphatic heterocycles. The average Bonchev–Trinajstić information content (AvgIpc) is 3.01. The predicted octanol–water partition coefficient (Wildman–Crippen LogP) is 5.83. The Morgan fingerprint density at radius 3 is 1.27 bits per heavy atom. The molecule has 4 aliphatic rings. The topological polar surface area (TPSA) is 179 Å². The van der Waals surface area contributed by atoms with Crippen molar-refractivity contribution in [1.82, 2.24) is 0 Å². The minimum Gasteiger partial charge on any atom is 0 e. The molecule has 4 rings (SSSR count). The molecule has 0 fully saturated rings. The first-order chi connectivity index (χ1) is 18.2. The van der Waals surface area contributed by atoms with Crippen molar-refractivity contribution in [1.29, 1.82) is 0 Å². The second-order valence-electron chi connectivity index (χ2n) is 8.48. The molecule has 41 heavy (non-hydrogen) atoms. The summed E-state index contributed by atoms with van der Waals surface area (Å²) in [4.78, 5) is 3.81. The van der Waals surface area contributed by atoms with Crippen molar-refractivity contribution in [2.45, 2.75) is 51.1 Å². The van der Waals surface area contributed by atoms with Gasteiger partial charge in [0.2, 0.25) is 0 Å². The molecule has 16 heteroatoms. The molecule has 0 amide bonds. The van der Waals surface area contributed by atoms with Crippen LogP contribution < -0.4 is 0 Å². The molecular weight excluding hydrogens is 1130 g/mol. The van der Waals surface area contributed by atoms with E-state index in [4.69, 9.17) is 41.9 Å². The van der Waals surface area contributed by atoms with Gasteiger partial charge in [0.25, 0.3) is 0 Å². The summed E-state index contributed by atoms with van der Waals surface area (Å²) in [6, 6.07) is 0. The van der Waals surface area contributed by atoms with Crippen LogP contribution in [0.4, 0.5) is 0 Å². The first-order valence-corrected chi connectivity index (χ1v) is 19.2. The molecule has 224 valence electrons. The van der Waals surface area contributed by atoms with Crippen LogP contribution in [0.2, 0.25) is 39.3 Å². The maximum absolute atomic E-state index is 7.50. The van der Waals surface area contributed by atoms with Gasteiger partial charge in [0, 0.05) is 64.8 Å². The monoisotopic (exact) mass is 1170 g/mol. The van der Waals surface area contributed by atoms with E-state index in [1.165, 1.54) is 6.42 Å². The van der Waals surface area contributed by atoms with Crippen LogP contribution in [0.25, 0.3) is 0 Å². The normalized spacial score (nSPS) is 18.8. The van der Waals surface area contributed by atoms with Crippen molar-refractivity contribution < 1.29 is 101 Å². The minimum absolute atomic E-state index is 0. The third-order valence-electron chi connectivity index (χ3n) is 4.77. The number of hydrogen-bond acceptors (Lipinski definition) is 0. The van der Waals surface area contributed by atoms with Gasteiger partial charge in [-0.15, -0.1) is 0 Å². The van der Waals surface area contributed by atoms with Crippen LogP contribution >= 0.6 is 16.5 Å². The summed E-state index contributed by atoms with van der Waals surface area (Å²) in [6.45, 7) is 55.7. The standard InChI is InChI=1S/C16H28P2Si2.9CO.3Os/c1-19(2,3)14-8-7-13-12-9-10-18(16(13)17-14)15(11-12)20(4,5)6;9*1-2;;;/h8-13,16-17H,7H2,1-6H3;;;;;;;;;;;;. The molecule has 2 bridgehead atoms. The van der Waals surface area contributed by atoms with Gasteiger partial charge in [-0.25, -0.2) is 0 Å². The van der Waals surface area contributed by atoms with Gasteiger partial charge < -0.3 is 0 Å². The Morgan fingerprint density at radius 2 is 0.976 bits per heavy atom. The fraction of sp³-hybridized carbons (Fsp3) is 0.400. The van der Waals surface area contributed by atoms with Crippen molar-refractivity contribution in [3.8, 4) is 0 Å². The van der Waals surface area contributed by atoms with E-state index in [2.05, 4.69) is 123 Å². The summed E-state index contributed by atoms with van der Waals surface area (Å²) in [5.74, 6) is 4.36. The Bertz CT molecular complexity index is 822. The summed E-state index contributed by atoms with van der Waals surface area (Å²) in [6.07, 6.45) is 9.27. The largest absolute Gasteiger partial charge is 0 e. The molecule has 0 aromatic carbocycles. The Morgan fingerprint density at radius 1 is 0.634 bits per heavy atom. The van der Waals surface area contributed by atoms with Crippen molar-refractivity contribution in [2.24, 2.45) is 11.8 Å². The molecule has 0 aromatic rings. The quantitative estimate of drug-likeness (QED) is 0.140. The van der Waals surface area contributed by atoms with Crippen molar-refractivity contribution in [2.75, 3.05) is 0 Å². The second-order valence-corrected chi connectivity index (χ2v) is 23.6. The zero-order chi connectivity index (χ0) is 32.7. The fourth-order valence-electron chi connectivity index (χ4n) is 3.62. The summed E-state index contributed by atoms with van der Waals surface area (Å²) in [7, 11) is -1.01. The Balaban J connectivity index is -0.0000000495.